The van der Waals surface area contributed by atoms with Gasteiger partial charge in [-0.15, -0.1) is 0 Å². The summed E-state index contributed by atoms with van der Waals surface area (Å²) in [4.78, 5) is 30.1. The molecule has 1 saturated heterocycles. The third-order valence-electron chi connectivity index (χ3n) is 6.48. The highest BCUT2D eigenvalue weighted by molar-refractivity contribution is 6.51. The van der Waals surface area contributed by atoms with Crippen molar-refractivity contribution in [2.75, 3.05) is 23.9 Å². The Morgan fingerprint density at radius 2 is 1.63 bits per heavy atom. The molecule has 1 fully saturated rings. The van der Waals surface area contributed by atoms with E-state index in [9.17, 15) is 14.7 Å². The van der Waals surface area contributed by atoms with E-state index in [2.05, 4.69) is 20.8 Å². The molecular weight excluding hydrogens is 440 g/mol. The lowest BCUT2D eigenvalue weighted by atomic mass is 9.84. The summed E-state index contributed by atoms with van der Waals surface area (Å²) in [6, 6.07) is 15.9. The highest BCUT2D eigenvalue weighted by atomic mass is 16.3. The topological polar surface area (TPSA) is 74.0 Å². The normalized spacial score (nSPS) is 17.8. The summed E-state index contributed by atoms with van der Waals surface area (Å²) in [6.07, 6.45) is 0. The maximum absolute atomic E-state index is 13.4. The molecular formula is C29H32N2O4. The van der Waals surface area contributed by atoms with E-state index in [4.69, 9.17) is 4.42 Å². The second kappa shape index (κ2) is 8.77. The van der Waals surface area contributed by atoms with Gasteiger partial charge in [0, 0.05) is 31.0 Å². The highest BCUT2D eigenvalue weighted by Gasteiger charge is 2.48. The minimum Gasteiger partial charge on any atom is -0.507 e. The fourth-order valence-corrected chi connectivity index (χ4v) is 4.37. The molecule has 2 aromatic carbocycles. The predicted octanol–water partition coefficient (Wildman–Crippen LogP) is 5.89. The van der Waals surface area contributed by atoms with Gasteiger partial charge in [-0.05, 0) is 72.9 Å². The summed E-state index contributed by atoms with van der Waals surface area (Å²) < 4.78 is 5.90. The quantitative estimate of drug-likeness (QED) is 0.291. The van der Waals surface area contributed by atoms with E-state index >= 15 is 0 Å². The molecule has 1 aliphatic rings. The zero-order valence-electron chi connectivity index (χ0n) is 21.3. The number of furan rings is 1. The number of nitrogens with zero attached hydrogens (tertiary/aromatic N) is 2. The van der Waals surface area contributed by atoms with E-state index in [1.165, 1.54) is 4.90 Å². The number of amides is 1. The zero-order valence-corrected chi connectivity index (χ0v) is 21.3. The first-order valence-corrected chi connectivity index (χ1v) is 11.7. The summed E-state index contributed by atoms with van der Waals surface area (Å²) >= 11 is 0. The average molecular weight is 473 g/mol. The number of rotatable bonds is 4. The van der Waals surface area contributed by atoms with Gasteiger partial charge >= 0.3 is 0 Å². The Hall–Kier alpha value is -3.80. The van der Waals surface area contributed by atoms with Crippen molar-refractivity contribution in [2.45, 2.75) is 46.1 Å². The Morgan fingerprint density at radius 3 is 2.17 bits per heavy atom. The number of anilines is 2. The van der Waals surface area contributed by atoms with Crippen molar-refractivity contribution >= 4 is 28.8 Å². The van der Waals surface area contributed by atoms with Gasteiger partial charge in [-0.25, -0.2) is 0 Å². The Kier molecular flexibility index (Phi) is 6.09. The number of aliphatic hydroxyl groups is 1. The molecule has 0 radical (unpaired) electrons. The van der Waals surface area contributed by atoms with Gasteiger partial charge in [-0.1, -0.05) is 32.9 Å². The van der Waals surface area contributed by atoms with Crippen molar-refractivity contribution in [3.63, 3.8) is 0 Å². The van der Waals surface area contributed by atoms with Crippen molar-refractivity contribution < 1.29 is 19.1 Å². The molecule has 6 heteroatoms. The van der Waals surface area contributed by atoms with Crippen LogP contribution in [0.3, 0.4) is 0 Å². The molecule has 1 atom stereocenters. The number of aryl methyl sites for hydroxylation is 2. The van der Waals surface area contributed by atoms with Crippen LogP contribution >= 0.6 is 0 Å². The van der Waals surface area contributed by atoms with Gasteiger partial charge in [-0.2, -0.15) is 0 Å². The van der Waals surface area contributed by atoms with Crippen LogP contribution in [0.5, 0.6) is 0 Å². The minimum absolute atomic E-state index is 0.0233. The van der Waals surface area contributed by atoms with Crippen LogP contribution < -0.4 is 9.80 Å². The molecule has 182 valence electrons. The molecule has 0 saturated carbocycles. The van der Waals surface area contributed by atoms with Gasteiger partial charge in [0.2, 0.25) is 0 Å². The third kappa shape index (κ3) is 4.36. The summed E-state index contributed by atoms with van der Waals surface area (Å²) in [5, 5.41) is 11.5. The maximum atomic E-state index is 13.4. The molecule has 2 heterocycles. The number of benzene rings is 2. The van der Waals surface area contributed by atoms with Crippen LogP contribution in [0.15, 0.2) is 64.6 Å². The summed E-state index contributed by atoms with van der Waals surface area (Å²) in [6.45, 7) is 9.94. The van der Waals surface area contributed by atoms with Gasteiger partial charge in [0.05, 0.1) is 5.57 Å². The average Bonchev–Trinajstić information content (AvgIpc) is 3.33. The van der Waals surface area contributed by atoms with Gasteiger partial charge in [0.15, 0.2) is 0 Å². The van der Waals surface area contributed by atoms with Crippen molar-refractivity contribution in [3.05, 3.63) is 88.4 Å². The summed E-state index contributed by atoms with van der Waals surface area (Å²) in [5.41, 5.74) is 3.75. The van der Waals surface area contributed by atoms with Crippen LogP contribution in [-0.2, 0) is 15.0 Å². The Morgan fingerprint density at radius 1 is 0.971 bits per heavy atom. The molecule has 0 spiro atoms. The number of Topliss-reactive ketones (excluding diaryl/α,β-unsaturated/α-hetero) is 1. The smallest absolute Gasteiger partial charge is 0.300 e. The predicted molar refractivity (Wildman–Crippen MR) is 139 cm³/mol. The van der Waals surface area contributed by atoms with Crippen LogP contribution in [0.2, 0.25) is 0 Å². The largest absolute Gasteiger partial charge is 0.507 e. The monoisotopic (exact) mass is 472 g/mol. The molecule has 1 aromatic heterocycles. The molecule has 3 aromatic rings. The van der Waals surface area contributed by atoms with E-state index < -0.39 is 17.7 Å². The molecule has 35 heavy (non-hydrogen) atoms. The minimum atomic E-state index is -0.883. The van der Waals surface area contributed by atoms with Gasteiger partial charge in [0.1, 0.15) is 23.3 Å². The van der Waals surface area contributed by atoms with Crippen molar-refractivity contribution in [2.24, 2.45) is 0 Å². The SMILES string of the molecule is Cc1ccc(C2/C(=C(\O)c3cc(C(C)(C)C)ccc3C)C(=O)C(=O)N2c2ccc(N(C)C)cc2)o1. The lowest BCUT2D eigenvalue weighted by Crippen LogP contribution is -2.29. The first-order valence-electron chi connectivity index (χ1n) is 11.7. The number of ketones is 1. The van der Waals surface area contributed by atoms with Crippen LogP contribution in [0.25, 0.3) is 5.76 Å². The zero-order chi connectivity index (χ0) is 25.7. The second-order valence-corrected chi connectivity index (χ2v) is 10.3. The fraction of sp³-hybridized carbons (Fsp3) is 0.310. The van der Waals surface area contributed by atoms with Crippen molar-refractivity contribution in [1.29, 1.82) is 0 Å². The Balaban J connectivity index is 1.93. The standard InChI is InChI=1S/C29H32N2O4/c1-17-8-10-19(29(3,4)5)16-22(17)26(32)24-25(23-15-9-18(2)35-23)31(28(34)27(24)33)21-13-11-20(12-14-21)30(6)7/h8-16,25,32H,1-7H3/b26-24+. The van der Waals surface area contributed by atoms with Gasteiger partial charge < -0.3 is 14.4 Å². The van der Waals surface area contributed by atoms with E-state index in [1.54, 1.807) is 31.2 Å². The van der Waals surface area contributed by atoms with Crippen LogP contribution in [-0.4, -0.2) is 30.9 Å². The number of hydrogen-bond acceptors (Lipinski definition) is 5. The highest BCUT2D eigenvalue weighted by Crippen LogP contribution is 2.43. The molecule has 6 nitrogen and oxygen atoms in total. The van der Waals surface area contributed by atoms with Crippen LogP contribution in [0.1, 0.15) is 55.0 Å². The number of carbonyl (C=O) groups is 2. The van der Waals surface area contributed by atoms with Gasteiger partial charge in [0.25, 0.3) is 11.7 Å². The molecule has 1 N–H and O–H groups in total. The molecule has 0 bridgehead atoms. The Labute approximate surface area is 206 Å². The lowest BCUT2D eigenvalue weighted by Gasteiger charge is -2.25. The van der Waals surface area contributed by atoms with Crippen molar-refractivity contribution in [1.82, 2.24) is 0 Å². The molecule has 0 aliphatic carbocycles. The number of hydrogen-bond donors (Lipinski definition) is 1. The lowest BCUT2D eigenvalue weighted by molar-refractivity contribution is -0.132. The van der Waals surface area contributed by atoms with E-state index in [1.807, 2.05) is 56.3 Å². The molecule has 1 aliphatic heterocycles. The number of aliphatic hydroxyl groups excluding tert-OH is 1. The van der Waals surface area contributed by atoms with E-state index in [-0.39, 0.29) is 16.7 Å². The number of carbonyl (C=O) groups excluding carboxylic acids is 2. The second-order valence-electron chi connectivity index (χ2n) is 10.3. The van der Waals surface area contributed by atoms with Crippen molar-refractivity contribution in [3.8, 4) is 0 Å². The molecule has 4 rings (SSSR count). The molecule has 1 amide bonds. The summed E-state index contributed by atoms with van der Waals surface area (Å²) in [5.74, 6) is -0.561. The Bertz CT molecular complexity index is 1320. The molecule has 1 unspecified atom stereocenters. The van der Waals surface area contributed by atoms with E-state index in [0.717, 1.165) is 16.8 Å². The van der Waals surface area contributed by atoms with Crippen LogP contribution in [0.4, 0.5) is 11.4 Å². The first-order chi connectivity index (χ1) is 16.4. The summed E-state index contributed by atoms with van der Waals surface area (Å²) in [7, 11) is 3.86. The third-order valence-corrected chi connectivity index (χ3v) is 6.48. The first kappa shape index (κ1) is 24.3. The van der Waals surface area contributed by atoms with Crippen LogP contribution in [0, 0.1) is 13.8 Å². The maximum Gasteiger partial charge on any atom is 0.300 e. The van der Waals surface area contributed by atoms with Gasteiger partial charge in [-0.3, -0.25) is 14.5 Å². The fourth-order valence-electron chi connectivity index (χ4n) is 4.37. The van der Waals surface area contributed by atoms with E-state index in [0.29, 0.717) is 22.8 Å².